The second-order valence-electron chi connectivity index (χ2n) is 8.84. The molecule has 2 unspecified atom stereocenters. The maximum atomic E-state index is 13.7. The van der Waals surface area contributed by atoms with E-state index < -0.39 is 47.5 Å². The molecule has 0 aliphatic rings. The van der Waals surface area contributed by atoms with Crippen molar-refractivity contribution in [3.63, 3.8) is 0 Å². The van der Waals surface area contributed by atoms with E-state index in [-0.39, 0.29) is 13.2 Å². The van der Waals surface area contributed by atoms with Crippen LogP contribution in [-0.4, -0.2) is 63.3 Å². The van der Waals surface area contributed by atoms with Gasteiger partial charge in [-0.2, -0.15) is 0 Å². The van der Waals surface area contributed by atoms with Gasteiger partial charge in [-0.25, -0.2) is 9.07 Å². The average molecular weight is 629 g/mol. The summed E-state index contributed by atoms with van der Waals surface area (Å²) in [7, 11) is 0. The Kier molecular flexibility index (Phi) is 11.9. The number of ether oxygens (including phenoxy) is 4. The van der Waals surface area contributed by atoms with Crippen LogP contribution < -0.4 is 0 Å². The van der Waals surface area contributed by atoms with E-state index in [4.69, 9.17) is 42.1 Å². The fourth-order valence-corrected chi connectivity index (χ4v) is 5.07. The smallest absolute Gasteiger partial charge is 0.303 e. The molecule has 0 aliphatic heterocycles. The van der Waals surface area contributed by atoms with E-state index in [2.05, 4.69) is 10.3 Å². The van der Waals surface area contributed by atoms with E-state index in [1.165, 1.54) is 37.6 Å². The van der Waals surface area contributed by atoms with Gasteiger partial charge in [0, 0.05) is 31.2 Å². The van der Waals surface area contributed by atoms with E-state index in [0.29, 0.717) is 26.2 Å². The highest BCUT2D eigenvalue weighted by atomic mass is 35.5. The first-order valence-electron chi connectivity index (χ1n) is 12.3. The van der Waals surface area contributed by atoms with Gasteiger partial charge < -0.3 is 18.9 Å². The lowest BCUT2D eigenvalue weighted by molar-refractivity contribution is -0.170. The second kappa shape index (κ2) is 15.2. The van der Waals surface area contributed by atoms with Crippen molar-refractivity contribution >= 4 is 52.9 Å². The highest BCUT2D eigenvalue weighted by Crippen LogP contribution is 2.34. The van der Waals surface area contributed by atoms with Gasteiger partial charge in [0.05, 0.1) is 22.8 Å². The summed E-state index contributed by atoms with van der Waals surface area (Å²) in [5.41, 5.74) is -0.0525. The molecule has 2 aromatic carbocycles. The Hall–Kier alpha value is -3.19. The maximum Gasteiger partial charge on any atom is 0.303 e. The molecule has 0 fully saturated rings. The number of carbonyl (C=O) groups excluding carboxylic acids is 3. The summed E-state index contributed by atoms with van der Waals surface area (Å²) in [5, 5.41) is 8.85. The van der Waals surface area contributed by atoms with Gasteiger partial charge in [-0.15, -0.1) is 5.10 Å². The zero-order valence-electron chi connectivity index (χ0n) is 22.6. The molecule has 220 valence electrons. The number of thioether (sulfide) groups is 1. The molecule has 0 spiro atoms. The Balaban J connectivity index is 1.96. The molecule has 4 atom stereocenters. The normalized spacial score (nSPS) is 14.0. The van der Waals surface area contributed by atoms with Crippen molar-refractivity contribution in [2.24, 2.45) is 0 Å². The van der Waals surface area contributed by atoms with Crippen LogP contribution >= 0.6 is 35.0 Å². The van der Waals surface area contributed by atoms with E-state index in [0.717, 1.165) is 11.8 Å². The molecule has 3 aromatic rings. The predicted octanol–water partition coefficient (Wildman–Crippen LogP) is 5.34. The summed E-state index contributed by atoms with van der Waals surface area (Å²) in [6.07, 6.45) is -1.20. The summed E-state index contributed by atoms with van der Waals surface area (Å²) in [4.78, 5) is 36.1. The second-order valence-corrected chi connectivity index (χ2v) is 10.8. The van der Waals surface area contributed by atoms with E-state index in [1.54, 1.807) is 43.5 Å². The fraction of sp³-hybridized carbons (Fsp3) is 0.370. The Labute approximate surface area is 250 Å². The minimum absolute atomic E-state index is 0.0247. The maximum absolute atomic E-state index is 13.7. The number of hydrogen-bond acceptors (Lipinski definition) is 10. The van der Waals surface area contributed by atoms with Gasteiger partial charge >= 0.3 is 17.9 Å². The summed E-state index contributed by atoms with van der Waals surface area (Å²) in [6, 6.07) is 10.8. The van der Waals surface area contributed by atoms with Gasteiger partial charge in [-0.1, -0.05) is 52.3 Å². The van der Waals surface area contributed by atoms with Crippen LogP contribution in [0, 0.1) is 5.82 Å². The molecule has 0 saturated carbocycles. The lowest BCUT2D eigenvalue weighted by atomic mass is 10.2. The Morgan fingerprint density at radius 1 is 0.976 bits per heavy atom. The molecule has 41 heavy (non-hydrogen) atoms. The van der Waals surface area contributed by atoms with Crippen LogP contribution in [0.2, 0.25) is 10.0 Å². The van der Waals surface area contributed by atoms with Crippen LogP contribution in [0.5, 0.6) is 0 Å². The van der Waals surface area contributed by atoms with Gasteiger partial charge in [0.15, 0.2) is 6.10 Å². The van der Waals surface area contributed by atoms with Gasteiger partial charge in [-0.05, 0) is 37.3 Å². The number of halogens is 3. The first-order chi connectivity index (χ1) is 19.4. The summed E-state index contributed by atoms with van der Waals surface area (Å²) >= 11 is 13.5. The third-order valence-corrected chi connectivity index (χ3v) is 7.34. The monoisotopic (exact) mass is 627 g/mol. The van der Waals surface area contributed by atoms with Crippen molar-refractivity contribution in [2.75, 3.05) is 6.61 Å². The highest BCUT2D eigenvalue weighted by Gasteiger charge is 2.34. The van der Waals surface area contributed by atoms with Crippen LogP contribution in [0.3, 0.4) is 0 Å². The minimum atomic E-state index is -0.988. The molecule has 0 aliphatic carbocycles. The molecule has 0 bridgehead atoms. The van der Waals surface area contributed by atoms with Crippen molar-refractivity contribution in [3.05, 3.63) is 64.5 Å². The van der Waals surface area contributed by atoms with Gasteiger partial charge in [-0.3, -0.25) is 14.4 Å². The zero-order chi connectivity index (χ0) is 30.1. The van der Waals surface area contributed by atoms with Gasteiger partial charge in [0.1, 0.15) is 35.8 Å². The number of hydrogen-bond donors (Lipinski definition) is 0. The average Bonchev–Trinajstić information content (AvgIpc) is 3.35. The predicted molar refractivity (Wildman–Crippen MR) is 150 cm³/mol. The zero-order valence-corrected chi connectivity index (χ0v) is 24.9. The lowest BCUT2D eigenvalue weighted by Gasteiger charge is -2.32. The van der Waals surface area contributed by atoms with E-state index in [9.17, 15) is 18.8 Å². The van der Waals surface area contributed by atoms with Crippen molar-refractivity contribution < 1.29 is 37.7 Å². The number of carbonyl (C=O) groups is 3. The molecular weight excluding hydrogens is 600 g/mol. The van der Waals surface area contributed by atoms with E-state index >= 15 is 0 Å². The quantitative estimate of drug-likeness (QED) is 0.106. The molecule has 10 nitrogen and oxygen atoms in total. The Bertz CT molecular complexity index is 1380. The summed E-state index contributed by atoms with van der Waals surface area (Å²) in [5.74, 6) is -2.16. The molecule has 0 radical (unpaired) electrons. The third-order valence-electron chi connectivity index (χ3n) is 5.43. The molecule has 0 N–H and O–H groups in total. The standard InChI is InChI=1S/C27H28Cl2FN3O7S/c1-15(38-17(3)35)26(14-37-16(2)34)40-27(41-21-8-9-22(28)23(29)11-21)25(39-18(4)36)13-33-12-24(31-32-33)19-6-5-7-20(30)10-19/h5-12,15,25-27H,13-14H2,1-4H3/t15-,25+,26?,27?/m1/s1. The third kappa shape index (κ3) is 10.3. The molecule has 14 heteroatoms. The Morgan fingerprint density at radius 3 is 2.34 bits per heavy atom. The molecule has 3 rings (SSSR count). The van der Waals surface area contributed by atoms with Crippen LogP contribution in [0.25, 0.3) is 11.3 Å². The van der Waals surface area contributed by atoms with Crippen molar-refractivity contribution in [1.82, 2.24) is 15.0 Å². The highest BCUT2D eigenvalue weighted by molar-refractivity contribution is 7.99. The number of rotatable bonds is 13. The van der Waals surface area contributed by atoms with Crippen molar-refractivity contribution in [2.45, 2.75) is 62.9 Å². The largest absolute Gasteiger partial charge is 0.463 e. The Morgan fingerprint density at radius 2 is 1.71 bits per heavy atom. The lowest BCUT2D eigenvalue weighted by Crippen LogP contribution is -2.43. The summed E-state index contributed by atoms with van der Waals surface area (Å²) in [6.45, 7) is 5.03. The number of aromatic nitrogens is 3. The van der Waals surface area contributed by atoms with E-state index in [1.807, 2.05) is 0 Å². The van der Waals surface area contributed by atoms with Gasteiger partial charge in [0.2, 0.25) is 0 Å². The van der Waals surface area contributed by atoms with Crippen LogP contribution in [0.1, 0.15) is 27.7 Å². The fourth-order valence-electron chi connectivity index (χ4n) is 3.61. The molecule has 0 amide bonds. The molecule has 1 heterocycles. The van der Waals surface area contributed by atoms with Crippen LogP contribution in [-0.2, 0) is 39.9 Å². The number of esters is 3. The molecule has 1 aromatic heterocycles. The van der Waals surface area contributed by atoms with Crippen LogP contribution in [0.15, 0.2) is 53.6 Å². The van der Waals surface area contributed by atoms with Crippen LogP contribution in [0.4, 0.5) is 4.39 Å². The SMILES string of the molecule is CC(=O)OCC(OC(Sc1ccc(Cl)c(Cl)c1)[C@H](Cn1cc(-c2cccc(F)c2)nn1)OC(C)=O)[C@@H](C)OC(C)=O. The molecular formula is C27H28Cl2FN3O7S. The van der Waals surface area contributed by atoms with Crippen molar-refractivity contribution in [1.29, 1.82) is 0 Å². The topological polar surface area (TPSA) is 119 Å². The minimum Gasteiger partial charge on any atom is -0.463 e. The summed E-state index contributed by atoms with van der Waals surface area (Å²) < 4.78 is 37.6. The number of nitrogens with zero attached hydrogens (tertiary/aromatic N) is 3. The molecule has 0 saturated heterocycles. The number of benzene rings is 2. The first kappa shape index (κ1) is 32.3. The first-order valence-corrected chi connectivity index (χ1v) is 14.0. The van der Waals surface area contributed by atoms with Gasteiger partial charge in [0.25, 0.3) is 0 Å². The van der Waals surface area contributed by atoms with Crippen molar-refractivity contribution in [3.8, 4) is 11.3 Å².